The number of halogens is 1. The molecule has 28 heavy (non-hydrogen) atoms. The minimum Gasteiger partial charge on any atom is -0.325 e. The number of carbonyl (C=O) groups excluding carboxylic acids is 2. The molecule has 0 heterocycles. The van der Waals surface area contributed by atoms with Gasteiger partial charge in [-0.3, -0.25) is 9.59 Å². The van der Waals surface area contributed by atoms with Crippen LogP contribution >= 0.6 is 11.6 Å². The average molecular weight is 393 g/mol. The van der Waals surface area contributed by atoms with Crippen LogP contribution in [0.15, 0.2) is 78.9 Å². The predicted molar refractivity (Wildman–Crippen MR) is 114 cm³/mol. The van der Waals surface area contributed by atoms with E-state index in [2.05, 4.69) is 10.6 Å². The number of anilines is 2. The van der Waals surface area contributed by atoms with Crippen molar-refractivity contribution in [1.82, 2.24) is 0 Å². The number of hydrogen-bond acceptors (Lipinski definition) is 2. The fourth-order valence-electron chi connectivity index (χ4n) is 3.00. The minimum atomic E-state index is -0.300. The van der Waals surface area contributed by atoms with Crippen LogP contribution in [-0.4, -0.2) is 11.8 Å². The van der Waals surface area contributed by atoms with Crippen LogP contribution in [0.5, 0.6) is 0 Å². The molecule has 3 rings (SSSR count). The van der Waals surface area contributed by atoms with Crippen molar-refractivity contribution < 1.29 is 9.59 Å². The Labute approximate surface area is 169 Å². The summed E-state index contributed by atoms with van der Waals surface area (Å²) < 4.78 is 0. The fourth-order valence-corrected chi connectivity index (χ4v) is 3.13. The molecule has 0 aliphatic rings. The lowest BCUT2D eigenvalue weighted by Gasteiger charge is -2.17. The van der Waals surface area contributed by atoms with E-state index in [-0.39, 0.29) is 17.7 Å². The Morgan fingerprint density at radius 1 is 0.857 bits per heavy atom. The minimum absolute atomic E-state index is 0.138. The first-order valence-electron chi connectivity index (χ1n) is 9.10. The van der Waals surface area contributed by atoms with Crippen molar-refractivity contribution in [2.24, 2.45) is 0 Å². The zero-order chi connectivity index (χ0) is 19.9. The number of carbonyl (C=O) groups is 2. The zero-order valence-electron chi connectivity index (χ0n) is 15.5. The molecule has 0 aromatic heterocycles. The number of hydrogen-bond donors (Lipinski definition) is 2. The maximum Gasteiger partial charge on any atom is 0.257 e. The Bertz CT molecular complexity index is 956. The van der Waals surface area contributed by atoms with E-state index >= 15 is 0 Å². The van der Waals surface area contributed by atoms with E-state index in [1.807, 2.05) is 37.3 Å². The molecule has 0 saturated carbocycles. The predicted octanol–water partition coefficient (Wildman–Crippen LogP) is 5.72. The van der Waals surface area contributed by atoms with Crippen LogP contribution in [0, 0.1) is 0 Å². The van der Waals surface area contributed by atoms with Crippen molar-refractivity contribution in [3.63, 3.8) is 0 Å². The van der Waals surface area contributed by atoms with Gasteiger partial charge >= 0.3 is 0 Å². The molecule has 0 fully saturated rings. The van der Waals surface area contributed by atoms with Gasteiger partial charge < -0.3 is 10.6 Å². The van der Waals surface area contributed by atoms with Gasteiger partial charge in [0, 0.05) is 10.7 Å². The molecule has 142 valence electrons. The molecular formula is C23H21ClN2O2. The molecule has 2 amide bonds. The highest BCUT2D eigenvalue weighted by Crippen LogP contribution is 2.24. The molecule has 4 nitrogen and oxygen atoms in total. The summed E-state index contributed by atoms with van der Waals surface area (Å²) >= 11 is 5.88. The summed E-state index contributed by atoms with van der Waals surface area (Å²) in [6.45, 7) is 1.97. The third kappa shape index (κ3) is 4.78. The van der Waals surface area contributed by atoms with Gasteiger partial charge in [0.15, 0.2) is 0 Å². The summed E-state index contributed by atoms with van der Waals surface area (Å²) in [6, 6.07) is 23.5. The van der Waals surface area contributed by atoms with Gasteiger partial charge in [0.25, 0.3) is 5.91 Å². The highest BCUT2D eigenvalue weighted by atomic mass is 35.5. The lowest BCUT2D eigenvalue weighted by molar-refractivity contribution is -0.117. The summed E-state index contributed by atoms with van der Waals surface area (Å²) in [5.41, 5.74) is 2.46. The van der Waals surface area contributed by atoms with Crippen molar-refractivity contribution in [2.45, 2.75) is 19.3 Å². The molecule has 3 aromatic carbocycles. The van der Waals surface area contributed by atoms with Gasteiger partial charge in [0.05, 0.1) is 17.2 Å². The summed E-state index contributed by atoms with van der Waals surface area (Å²) in [6.07, 6.45) is 0.662. The van der Waals surface area contributed by atoms with Crippen LogP contribution in [0.4, 0.5) is 11.4 Å². The molecule has 2 N–H and O–H groups in total. The SMILES string of the molecule is CC[C@H](C(=O)Nc1ccccc1C(=O)Nc1ccc(Cl)cc1)c1ccccc1. The van der Waals surface area contributed by atoms with E-state index < -0.39 is 0 Å². The number of rotatable bonds is 6. The first-order chi connectivity index (χ1) is 13.6. The normalized spacial score (nSPS) is 11.5. The first-order valence-corrected chi connectivity index (χ1v) is 9.48. The van der Waals surface area contributed by atoms with Crippen molar-refractivity contribution in [1.29, 1.82) is 0 Å². The van der Waals surface area contributed by atoms with Gasteiger partial charge in [-0.1, -0.05) is 61.0 Å². The Kier molecular flexibility index (Phi) is 6.45. The number of para-hydroxylation sites is 1. The molecule has 5 heteroatoms. The van der Waals surface area contributed by atoms with Crippen molar-refractivity contribution in [3.8, 4) is 0 Å². The summed E-state index contributed by atoms with van der Waals surface area (Å²) in [4.78, 5) is 25.6. The van der Waals surface area contributed by atoms with Gasteiger partial charge in [-0.2, -0.15) is 0 Å². The largest absolute Gasteiger partial charge is 0.325 e. The number of benzene rings is 3. The second kappa shape index (κ2) is 9.20. The molecular weight excluding hydrogens is 372 g/mol. The Hall–Kier alpha value is -3.11. The third-order valence-corrected chi connectivity index (χ3v) is 4.71. The van der Waals surface area contributed by atoms with E-state index in [0.29, 0.717) is 28.4 Å². The molecule has 0 aliphatic carbocycles. The summed E-state index contributed by atoms with van der Waals surface area (Å²) in [5, 5.41) is 6.33. The van der Waals surface area contributed by atoms with Crippen LogP contribution in [0.2, 0.25) is 5.02 Å². The first kappa shape index (κ1) is 19.6. The highest BCUT2D eigenvalue weighted by Gasteiger charge is 2.20. The van der Waals surface area contributed by atoms with E-state index in [1.165, 1.54) is 0 Å². The second-order valence-electron chi connectivity index (χ2n) is 6.37. The van der Waals surface area contributed by atoms with E-state index in [4.69, 9.17) is 11.6 Å². The molecule has 0 saturated heterocycles. The standard InChI is InChI=1S/C23H21ClN2O2/c1-2-19(16-8-4-3-5-9-16)22(27)26-21-11-7-6-10-20(21)23(28)25-18-14-12-17(24)13-15-18/h3-15,19H,2H2,1H3,(H,25,28)(H,26,27)/t19-/m0/s1. The lowest BCUT2D eigenvalue weighted by Crippen LogP contribution is -2.23. The lowest BCUT2D eigenvalue weighted by atomic mass is 9.95. The second-order valence-corrected chi connectivity index (χ2v) is 6.80. The van der Waals surface area contributed by atoms with Crippen LogP contribution in [0.3, 0.4) is 0 Å². The Morgan fingerprint density at radius 3 is 2.18 bits per heavy atom. The van der Waals surface area contributed by atoms with Gasteiger partial charge in [-0.05, 0) is 48.4 Å². The summed E-state index contributed by atoms with van der Waals surface area (Å²) in [5.74, 6) is -0.722. The smallest absolute Gasteiger partial charge is 0.257 e. The molecule has 0 spiro atoms. The Morgan fingerprint density at radius 2 is 1.50 bits per heavy atom. The van der Waals surface area contributed by atoms with Crippen LogP contribution < -0.4 is 10.6 Å². The van der Waals surface area contributed by atoms with E-state index in [0.717, 1.165) is 5.56 Å². The quantitative estimate of drug-likeness (QED) is 0.563. The maximum absolute atomic E-state index is 12.9. The zero-order valence-corrected chi connectivity index (χ0v) is 16.2. The number of amides is 2. The topological polar surface area (TPSA) is 58.2 Å². The fraction of sp³-hybridized carbons (Fsp3) is 0.130. The average Bonchev–Trinajstić information content (AvgIpc) is 2.71. The molecule has 3 aromatic rings. The highest BCUT2D eigenvalue weighted by molar-refractivity contribution is 6.30. The molecule has 0 aliphatic heterocycles. The molecule has 0 unspecified atom stereocenters. The monoisotopic (exact) mass is 392 g/mol. The van der Waals surface area contributed by atoms with Gasteiger partial charge in [0.2, 0.25) is 5.91 Å². The molecule has 1 atom stereocenters. The van der Waals surface area contributed by atoms with Crippen LogP contribution in [-0.2, 0) is 4.79 Å². The maximum atomic E-state index is 12.9. The van der Waals surface area contributed by atoms with Crippen LogP contribution in [0.25, 0.3) is 0 Å². The van der Waals surface area contributed by atoms with Crippen molar-refractivity contribution in [2.75, 3.05) is 10.6 Å². The molecule has 0 radical (unpaired) electrons. The van der Waals surface area contributed by atoms with E-state index in [1.54, 1.807) is 48.5 Å². The van der Waals surface area contributed by atoms with Gasteiger partial charge in [-0.25, -0.2) is 0 Å². The van der Waals surface area contributed by atoms with Crippen molar-refractivity contribution >= 4 is 34.8 Å². The number of nitrogens with one attached hydrogen (secondary N) is 2. The van der Waals surface area contributed by atoms with Gasteiger partial charge in [-0.15, -0.1) is 0 Å². The molecule has 0 bridgehead atoms. The van der Waals surface area contributed by atoms with Crippen molar-refractivity contribution in [3.05, 3.63) is 95.0 Å². The van der Waals surface area contributed by atoms with Gasteiger partial charge in [0.1, 0.15) is 0 Å². The van der Waals surface area contributed by atoms with Crippen LogP contribution in [0.1, 0.15) is 35.2 Å². The van der Waals surface area contributed by atoms with E-state index in [9.17, 15) is 9.59 Å². The summed E-state index contributed by atoms with van der Waals surface area (Å²) in [7, 11) is 0. The Balaban J connectivity index is 1.78. The third-order valence-electron chi connectivity index (χ3n) is 4.46.